The number of nitrogens with one attached hydrogen (secondary N) is 1. The molecule has 254 valence electrons. The van der Waals surface area contributed by atoms with E-state index in [9.17, 15) is 0 Å². The van der Waals surface area contributed by atoms with Crippen LogP contribution in [0.4, 0.5) is 0 Å². The van der Waals surface area contributed by atoms with Crippen molar-refractivity contribution in [2.24, 2.45) is 17.8 Å². The van der Waals surface area contributed by atoms with Gasteiger partial charge in [0, 0.05) is 17.3 Å². The molecule has 0 aromatic heterocycles. The first-order valence-electron chi connectivity index (χ1n) is 17.9. The van der Waals surface area contributed by atoms with Crippen LogP contribution in [0.5, 0.6) is 0 Å². The quantitative estimate of drug-likeness (QED) is 0.168. The minimum absolute atomic E-state index is 0.0375. The van der Waals surface area contributed by atoms with Gasteiger partial charge in [-0.05, 0) is 126 Å². The lowest BCUT2D eigenvalue weighted by Gasteiger charge is -2.48. The summed E-state index contributed by atoms with van der Waals surface area (Å²) in [5.41, 5.74) is 11.8. The van der Waals surface area contributed by atoms with Crippen LogP contribution in [0.15, 0.2) is 71.2 Å². The number of thiol groups is 2. The molecule has 0 saturated heterocycles. The Balaban J connectivity index is 2.26. The first-order valence-corrected chi connectivity index (χ1v) is 19.7. The van der Waals surface area contributed by atoms with Gasteiger partial charge in [0.1, 0.15) is 0 Å². The molecular formula is C42H64NPS2. The van der Waals surface area contributed by atoms with E-state index < -0.39 is 0 Å². The molecule has 0 saturated carbocycles. The number of allylic oxidation sites excluding steroid dienone is 4. The first-order chi connectivity index (χ1) is 21.8. The molecule has 0 radical (unpaired) electrons. The predicted molar refractivity (Wildman–Crippen MR) is 216 cm³/mol. The Bertz CT molecular complexity index is 1350. The Labute approximate surface area is 297 Å². The highest BCUT2D eigenvalue weighted by molar-refractivity contribution is 7.83. The van der Waals surface area contributed by atoms with Crippen LogP contribution in [0.2, 0.25) is 0 Å². The molecule has 2 aromatic rings. The van der Waals surface area contributed by atoms with Gasteiger partial charge in [0.2, 0.25) is 0 Å². The summed E-state index contributed by atoms with van der Waals surface area (Å²) in [4.78, 5) is 0. The molecule has 4 heteroatoms. The normalized spacial score (nSPS) is 28.3. The van der Waals surface area contributed by atoms with Crippen LogP contribution in [0, 0.1) is 17.8 Å². The smallest absolute Gasteiger partial charge is 0.0210 e. The molecular weight excluding hydrogens is 614 g/mol. The van der Waals surface area contributed by atoms with Crippen LogP contribution in [-0.2, 0) is 18.6 Å². The summed E-state index contributed by atoms with van der Waals surface area (Å²) in [6.07, 6.45) is 12.1. The Hall–Kier alpha value is -1.25. The van der Waals surface area contributed by atoms with Crippen molar-refractivity contribution in [3.05, 3.63) is 105 Å². The van der Waals surface area contributed by atoms with Crippen LogP contribution in [-0.4, -0.2) is 17.2 Å². The summed E-state index contributed by atoms with van der Waals surface area (Å²) in [5, 5.41) is 6.23. The maximum Gasteiger partial charge on any atom is 0.0210 e. The van der Waals surface area contributed by atoms with Crippen LogP contribution < -0.4 is 5.32 Å². The average molecular weight is 678 g/mol. The molecule has 46 heavy (non-hydrogen) atoms. The minimum atomic E-state index is -0.0375. The van der Waals surface area contributed by atoms with E-state index in [0.29, 0.717) is 41.3 Å². The molecule has 3 rings (SSSR count). The van der Waals surface area contributed by atoms with Crippen molar-refractivity contribution in [2.45, 2.75) is 136 Å². The van der Waals surface area contributed by atoms with E-state index in [1.807, 2.05) is 5.41 Å². The third-order valence-corrected chi connectivity index (χ3v) is 12.5. The molecule has 8 unspecified atom stereocenters. The fourth-order valence-electron chi connectivity index (χ4n) is 7.77. The summed E-state index contributed by atoms with van der Waals surface area (Å²) in [6.45, 7) is 23.8. The lowest BCUT2D eigenvalue weighted by atomic mass is 9.67. The van der Waals surface area contributed by atoms with Crippen molar-refractivity contribution in [1.29, 1.82) is 0 Å². The summed E-state index contributed by atoms with van der Waals surface area (Å²) < 4.78 is 0. The second-order valence-corrected chi connectivity index (χ2v) is 16.3. The molecule has 0 spiro atoms. The summed E-state index contributed by atoms with van der Waals surface area (Å²) >= 11 is 9.48. The molecule has 0 fully saturated rings. The minimum Gasteiger partial charge on any atom is -0.308 e. The molecule has 1 nitrogen and oxygen atoms in total. The predicted octanol–water partition coefficient (Wildman–Crippen LogP) is 11.9. The lowest BCUT2D eigenvalue weighted by molar-refractivity contribution is 0.118. The van der Waals surface area contributed by atoms with Crippen LogP contribution in [0.3, 0.4) is 0 Å². The maximum atomic E-state index is 4.95. The SMILES string of the molecule is CCC1NC(C)(C(C)C)C(C)C(CC)c2cc(c(CS)c(Cc3ccc(C(C)C(C)P)cc3)c2)C/C(C)=C/C=C(\C=CS)C1CC. The highest BCUT2D eigenvalue weighted by atomic mass is 32.1. The van der Waals surface area contributed by atoms with Crippen molar-refractivity contribution in [3.8, 4) is 0 Å². The second-order valence-electron chi connectivity index (χ2n) is 14.6. The third-order valence-electron chi connectivity index (χ3n) is 11.5. The van der Waals surface area contributed by atoms with E-state index in [0.717, 1.165) is 37.9 Å². The number of benzene rings is 2. The number of rotatable bonds is 10. The van der Waals surface area contributed by atoms with Gasteiger partial charge in [-0.3, -0.25) is 0 Å². The standard InChI is InChI=1S/C42H64NPS2/c1-11-38-30(8)42(10,27(4)5)43-41(13-3)39(12-2)34(20-21-45)17-14-28(6)22-35-24-37(38)25-36(40(35)26-46)23-32-15-18-33(19-16-32)29(7)31(9)44/h14-21,24-25,27,29-31,38-39,41,43,45-46H,11-13,22-23,26,44H2,1-10H3/b21-20?,28-14+,34-17+. The molecule has 2 aromatic carbocycles. The van der Waals surface area contributed by atoms with E-state index >= 15 is 0 Å². The third kappa shape index (κ3) is 9.25. The van der Waals surface area contributed by atoms with E-state index in [1.165, 1.54) is 44.5 Å². The molecule has 1 aliphatic heterocycles. The lowest BCUT2D eigenvalue weighted by Crippen LogP contribution is -2.58. The topological polar surface area (TPSA) is 12.0 Å². The zero-order valence-electron chi connectivity index (χ0n) is 30.5. The largest absolute Gasteiger partial charge is 0.308 e. The summed E-state index contributed by atoms with van der Waals surface area (Å²) in [6, 6.07) is 14.8. The molecule has 8 atom stereocenters. The summed E-state index contributed by atoms with van der Waals surface area (Å²) in [7, 11) is 2.96. The number of fused-ring (bicyclic) bond motifs is 2. The highest BCUT2D eigenvalue weighted by Gasteiger charge is 2.41. The van der Waals surface area contributed by atoms with Gasteiger partial charge in [-0.25, -0.2) is 0 Å². The Morgan fingerprint density at radius 2 is 1.63 bits per heavy atom. The molecule has 1 heterocycles. The average Bonchev–Trinajstić information content (AvgIpc) is 3.03. The van der Waals surface area contributed by atoms with Gasteiger partial charge in [-0.2, -0.15) is 25.3 Å². The number of hydrogen-bond donors (Lipinski definition) is 3. The van der Waals surface area contributed by atoms with Gasteiger partial charge >= 0.3 is 0 Å². The summed E-state index contributed by atoms with van der Waals surface area (Å²) in [5.74, 6) is 3.04. The zero-order chi connectivity index (χ0) is 34.2. The number of hydrogen-bond acceptors (Lipinski definition) is 3. The monoisotopic (exact) mass is 677 g/mol. The van der Waals surface area contributed by atoms with E-state index in [4.69, 9.17) is 12.6 Å². The Morgan fingerprint density at radius 1 is 0.978 bits per heavy atom. The first kappa shape index (κ1) is 39.2. The van der Waals surface area contributed by atoms with Crippen molar-refractivity contribution in [1.82, 2.24) is 5.32 Å². The van der Waals surface area contributed by atoms with Crippen molar-refractivity contribution >= 4 is 34.5 Å². The Kier molecular flexibility index (Phi) is 15.3. The molecule has 1 N–H and O–H groups in total. The maximum absolute atomic E-state index is 4.95. The zero-order valence-corrected chi connectivity index (χ0v) is 33.5. The molecule has 2 bridgehead atoms. The van der Waals surface area contributed by atoms with E-state index in [1.54, 1.807) is 0 Å². The highest BCUT2D eigenvalue weighted by Crippen LogP contribution is 2.42. The fraction of sp³-hybridized carbons (Fsp3) is 0.571. The van der Waals surface area contributed by atoms with Crippen LogP contribution in [0.1, 0.15) is 134 Å². The van der Waals surface area contributed by atoms with Gasteiger partial charge < -0.3 is 5.32 Å². The van der Waals surface area contributed by atoms with Crippen LogP contribution >= 0.6 is 34.5 Å². The van der Waals surface area contributed by atoms with Crippen molar-refractivity contribution in [2.75, 3.05) is 0 Å². The van der Waals surface area contributed by atoms with Gasteiger partial charge in [0.25, 0.3) is 0 Å². The van der Waals surface area contributed by atoms with Gasteiger partial charge in [-0.15, -0.1) is 9.24 Å². The second kappa shape index (κ2) is 17.9. The van der Waals surface area contributed by atoms with Gasteiger partial charge in [0.15, 0.2) is 0 Å². The van der Waals surface area contributed by atoms with E-state index in [2.05, 4.69) is 151 Å². The van der Waals surface area contributed by atoms with Crippen molar-refractivity contribution < 1.29 is 0 Å². The molecule has 0 aliphatic carbocycles. The van der Waals surface area contributed by atoms with Crippen LogP contribution in [0.25, 0.3) is 0 Å². The van der Waals surface area contributed by atoms with E-state index in [-0.39, 0.29) is 5.54 Å². The molecule has 1 aliphatic rings. The Morgan fingerprint density at radius 3 is 2.15 bits per heavy atom. The van der Waals surface area contributed by atoms with Crippen molar-refractivity contribution in [3.63, 3.8) is 0 Å². The molecule has 0 amide bonds. The van der Waals surface area contributed by atoms with Gasteiger partial charge in [0.05, 0.1) is 0 Å². The van der Waals surface area contributed by atoms with Gasteiger partial charge in [-0.1, -0.05) is 116 Å². The fourth-order valence-corrected chi connectivity index (χ4v) is 8.57.